The molecule has 2 heterocycles. The Bertz CT molecular complexity index is 1420. The summed E-state index contributed by atoms with van der Waals surface area (Å²) >= 11 is 19.6. The molecule has 37 heavy (non-hydrogen) atoms. The summed E-state index contributed by atoms with van der Waals surface area (Å²) in [5.41, 5.74) is 0.759. The number of hydrogen-bond acceptors (Lipinski definition) is 10. The molecule has 15 heteroatoms. The molecule has 1 aromatic carbocycles. The quantitative estimate of drug-likeness (QED) is 0.268. The number of halogens is 3. The fraction of sp³-hybridized carbons (Fsp3) is 0.318. The minimum atomic E-state index is -3.99. The van der Waals surface area contributed by atoms with Crippen molar-refractivity contribution in [1.29, 1.82) is 0 Å². The van der Waals surface area contributed by atoms with Crippen LogP contribution in [0.1, 0.15) is 45.3 Å². The lowest BCUT2D eigenvalue weighted by atomic mass is 10.0. The summed E-state index contributed by atoms with van der Waals surface area (Å²) < 4.78 is 30.6. The molecule has 1 aliphatic rings. The molecule has 1 aliphatic carbocycles. The Morgan fingerprint density at radius 1 is 1.22 bits per heavy atom. The molecule has 0 radical (unpaired) electrons. The van der Waals surface area contributed by atoms with Crippen molar-refractivity contribution in [2.75, 3.05) is 12.4 Å². The van der Waals surface area contributed by atoms with Crippen molar-refractivity contribution in [3.8, 4) is 0 Å². The van der Waals surface area contributed by atoms with E-state index in [1.165, 1.54) is 31.7 Å². The summed E-state index contributed by atoms with van der Waals surface area (Å²) in [6, 6.07) is 5.71. The fourth-order valence-corrected chi connectivity index (χ4v) is 6.23. The Labute approximate surface area is 231 Å². The van der Waals surface area contributed by atoms with Gasteiger partial charge in [-0.05, 0) is 37.1 Å². The smallest absolute Gasteiger partial charge is 0.335 e. The molecule has 0 bridgehead atoms. The highest BCUT2D eigenvalue weighted by atomic mass is 35.5. The molecule has 0 spiro atoms. The normalized spacial score (nSPS) is 20.6. The number of aromatic nitrogens is 2. The molecule has 2 aromatic heterocycles. The summed E-state index contributed by atoms with van der Waals surface area (Å²) in [6.07, 6.45) is -0.312. The minimum absolute atomic E-state index is 0.129. The van der Waals surface area contributed by atoms with Crippen LogP contribution in [0.25, 0.3) is 0 Å². The van der Waals surface area contributed by atoms with Crippen LogP contribution in [0.15, 0.2) is 36.8 Å². The molecule has 10 nitrogen and oxygen atoms in total. The largest absolute Gasteiger partial charge is 0.390 e. The third kappa shape index (κ3) is 6.41. The molecule has 0 unspecified atom stereocenters. The van der Waals surface area contributed by atoms with Crippen LogP contribution in [-0.4, -0.2) is 59.7 Å². The van der Waals surface area contributed by atoms with Gasteiger partial charge in [0.05, 0.1) is 20.9 Å². The van der Waals surface area contributed by atoms with Crippen molar-refractivity contribution in [2.45, 2.75) is 37.2 Å². The van der Waals surface area contributed by atoms with Gasteiger partial charge in [-0.2, -0.15) is 13.1 Å². The van der Waals surface area contributed by atoms with Crippen molar-refractivity contribution in [2.24, 2.45) is 0 Å². The Morgan fingerprint density at radius 2 is 1.97 bits per heavy atom. The first-order valence-electron chi connectivity index (χ1n) is 10.8. The van der Waals surface area contributed by atoms with Gasteiger partial charge in [0.25, 0.3) is 0 Å². The number of thiophene rings is 1. The molecule has 198 valence electrons. The second-order valence-corrected chi connectivity index (χ2v) is 12.2. The first-order chi connectivity index (χ1) is 17.5. The predicted molar refractivity (Wildman–Crippen MR) is 141 cm³/mol. The SMILES string of the molecule is CNS(=O)(=O)O[C@@H]1C[C@H](Nc2ncncc2C(=O)c2cc([C@@H](O)c3cc(Cl)ccc3Cl)c(Cl)s2)C[C@@H]1O. The number of carbonyl (C=O) groups excluding carboxylic acids is 1. The van der Waals surface area contributed by atoms with E-state index in [9.17, 15) is 23.4 Å². The van der Waals surface area contributed by atoms with Gasteiger partial charge in [0, 0.05) is 40.5 Å². The number of aliphatic hydroxyl groups excluding tert-OH is 2. The number of benzene rings is 1. The molecular weight excluding hydrogens is 587 g/mol. The van der Waals surface area contributed by atoms with E-state index in [4.69, 9.17) is 39.0 Å². The van der Waals surface area contributed by atoms with E-state index in [-0.39, 0.29) is 39.0 Å². The molecule has 0 aliphatic heterocycles. The first-order valence-corrected chi connectivity index (χ1v) is 14.2. The Hall–Kier alpha value is -1.87. The van der Waals surface area contributed by atoms with Crippen LogP contribution in [0, 0.1) is 0 Å². The fourth-order valence-electron chi connectivity index (χ4n) is 3.92. The lowest BCUT2D eigenvalue weighted by Crippen LogP contribution is -2.31. The number of ketones is 1. The Kier molecular flexibility index (Phi) is 8.73. The maximum atomic E-state index is 13.4. The van der Waals surface area contributed by atoms with E-state index in [1.807, 2.05) is 4.72 Å². The summed E-state index contributed by atoms with van der Waals surface area (Å²) in [4.78, 5) is 21.7. The van der Waals surface area contributed by atoms with Crippen LogP contribution < -0.4 is 10.0 Å². The van der Waals surface area contributed by atoms with Gasteiger partial charge in [-0.25, -0.2) is 9.97 Å². The summed E-state index contributed by atoms with van der Waals surface area (Å²) in [7, 11) is -2.78. The zero-order valence-electron chi connectivity index (χ0n) is 19.1. The van der Waals surface area contributed by atoms with E-state index >= 15 is 0 Å². The average Bonchev–Trinajstić information content (AvgIpc) is 3.41. The van der Waals surface area contributed by atoms with Crippen LogP contribution >= 0.6 is 46.1 Å². The highest BCUT2D eigenvalue weighted by molar-refractivity contribution is 7.84. The van der Waals surface area contributed by atoms with Crippen LogP contribution in [-0.2, 0) is 14.5 Å². The number of carbonyl (C=O) groups is 1. The molecular formula is C22H21Cl3N4O6S2. The van der Waals surface area contributed by atoms with E-state index in [0.29, 0.717) is 15.6 Å². The van der Waals surface area contributed by atoms with Crippen LogP contribution in [0.2, 0.25) is 14.4 Å². The molecule has 1 fully saturated rings. The van der Waals surface area contributed by atoms with Gasteiger partial charge < -0.3 is 15.5 Å². The van der Waals surface area contributed by atoms with Gasteiger partial charge >= 0.3 is 10.3 Å². The number of rotatable bonds is 9. The van der Waals surface area contributed by atoms with Crippen molar-refractivity contribution in [3.63, 3.8) is 0 Å². The third-order valence-corrected chi connectivity index (χ3v) is 8.72. The van der Waals surface area contributed by atoms with E-state index in [0.717, 1.165) is 11.3 Å². The molecule has 3 aromatic rings. The molecule has 0 amide bonds. The van der Waals surface area contributed by atoms with Crippen LogP contribution in [0.3, 0.4) is 0 Å². The van der Waals surface area contributed by atoms with Gasteiger partial charge in [-0.15, -0.1) is 11.3 Å². The summed E-state index contributed by atoms with van der Waals surface area (Å²) in [6.45, 7) is 0. The van der Waals surface area contributed by atoms with Crippen LogP contribution in [0.5, 0.6) is 0 Å². The topological polar surface area (TPSA) is 151 Å². The Morgan fingerprint density at radius 3 is 2.70 bits per heavy atom. The zero-order valence-corrected chi connectivity index (χ0v) is 23.0. The second kappa shape index (κ2) is 11.5. The summed E-state index contributed by atoms with van der Waals surface area (Å²) in [5.74, 6) is -0.256. The van der Waals surface area contributed by atoms with Gasteiger partial charge in [0.2, 0.25) is 5.78 Å². The van der Waals surface area contributed by atoms with Crippen molar-refractivity contribution in [3.05, 3.63) is 72.7 Å². The number of nitrogens with zero attached hydrogens (tertiary/aromatic N) is 2. The molecule has 4 atom stereocenters. The number of aliphatic hydroxyl groups is 2. The van der Waals surface area contributed by atoms with Crippen molar-refractivity contribution in [1.82, 2.24) is 14.7 Å². The lowest BCUT2D eigenvalue weighted by Gasteiger charge is -2.15. The number of hydrogen-bond donors (Lipinski definition) is 4. The van der Waals surface area contributed by atoms with E-state index < -0.39 is 40.4 Å². The van der Waals surface area contributed by atoms with Crippen molar-refractivity contribution >= 4 is 68.0 Å². The van der Waals surface area contributed by atoms with Gasteiger partial charge in [0.15, 0.2) is 0 Å². The van der Waals surface area contributed by atoms with Crippen molar-refractivity contribution < 1.29 is 27.6 Å². The van der Waals surface area contributed by atoms with Gasteiger partial charge in [0.1, 0.15) is 24.4 Å². The second-order valence-electron chi connectivity index (χ2n) is 8.20. The standard InChI is InChI=1S/C22H21Cl3N4O6S2/c1-26-37(33,34)35-17-6-11(5-16(17)30)29-22-14(8-27-9-28-22)20(32)18-7-13(21(25)36-18)19(31)12-4-10(23)2-3-15(12)24/h2-4,7-9,11,16-17,19,26,30-31H,5-6H2,1H3,(H,27,28,29)/t11-,16+,17-,19+/m1/s1. The number of nitrogens with one attached hydrogen (secondary N) is 2. The maximum absolute atomic E-state index is 13.4. The van der Waals surface area contributed by atoms with Gasteiger partial charge in [-0.1, -0.05) is 34.8 Å². The van der Waals surface area contributed by atoms with Crippen LogP contribution in [0.4, 0.5) is 5.82 Å². The first kappa shape index (κ1) is 28.1. The summed E-state index contributed by atoms with van der Waals surface area (Å²) in [5, 5.41) is 24.9. The highest BCUT2D eigenvalue weighted by Gasteiger charge is 2.37. The number of anilines is 1. The van der Waals surface area contributed by atoms with E-state index in [1.54, 1.807) is 12.1 Å². The predicted octanol–water partition coefficient (Wildman–Crippen LogP) is 3.60. The van der Waals surface area contributed by atoms with Gasteiger partial charge in [-0.3, -0.25) is 8.98 Å². The minimum Gasteiger partial charge on any atom is -0.390 e. The highest BCUT2D eigenvalue weighted by Crippen LogP contribution is 2.39. The molecule has 1 saturated carbocycles. The zero-order chi connectivity index (χ0) is 26.9. The molecule has 4 rings (SSSR count). The third-order valence-electron chi connectivity index (χ3n) is 5.75. The Balaban J connectivity index is 1.55. The molecule has 4 N–H and O–H groups in total. The average molecular weight is 608 g/mol. The monoisotopic (exact) mass is 606 g/mol. The lowest BCUT2D eigenvalue weighted by molar-refractivity contribution is 0.0636. The maximum Gasteiger partial charge on any atom is 0.335 e. The van der Waals surface area contributed by atoms with E-state index in [2.05, 4.69) is 15.3 Å². The molecule has 0 saturated heterocycles.